The van der Waals surface area contributed by atoms with Gasteiger partial charge in [-0.15, -0.1) is 0 Å². The van der Waals surface area contributed by atoms with Crippen LogP contribution in [0.3, 0.4) is 0 Å². The molecular formula is C28H27N3O4S. The van der Waals surface area contributed by atoms with Crippen LogP contribution in [0.1, 0.15) is 44.0 Å². The quantitative estimate of drug-likeness (QED) is 0.244. The molecule has 36 heavy (non-hydrogen) atoms. The summed E-state index contributed by atoms with van der Waals surface area (Å²) in [5, 5.41) is 2.71. The third kappa shape index (κ3) is 4.24. The van der Waals surface area contributed by atoms with Gasteiger partial charge in [0.1, 0.15) is 5.57 Å². The number of hydrogen-bond acceptors (Lipinski definition) is 5. The number of carbonyl (C=O) groups is 3. The van der Waals surface area contributed by atoms with Crippen molar-refractivity contribution < 1.29 is 19.1 Å². The molecule has 0 unspecified atom stereocenters. The molecule has 1 aliphatic rings. The first-order chi connectivity index (χ1) is 17.0. The van der Waals surface area contributed by atoms with Gasteiger partial charge in [0.2, 0.25) is 0 Å². The van der Waals surface area contributed by atoms with Crippen LogP contribution in [0.5, 0.6) is 0 Å². The molecule has 0 saturated carbocycles. The van der Waals surface area contributed by atoms with E-state index in [0.717, 1.165) is 33.8 Å². The van der Waals surface area contributed by atoms with E-state index in [1.54, 1.807) is 18.2 Å². The summed E-state index contributed by atoms with van der Waals surface area (Å²) >= 11 is 5.36. The second kappa shape index (κ2) is 9.54. The van der Waals surface area contributed by atoms with Crippen molar-refractivity contribution in [3.05, 3.63) is 87.2 Å². The van der Waals surface area contributed by atoms with Gasteiger partial charge in [0.25, 0.3) is 11.8 Å². The van der Waals surface area contributed by atoms with Crippen molar-refractivity contribution in [3.63, 3.8) is 0 Å². The van der Waals surface area contributed by atoms with Crippen molar-refractivity contribution >= 4 is 46.9 Å². The number of methoxy groups -OCH3 is 1. The van der Waals surface area contributed by atoms with Gasteiger partial charge in [0, 0.05) is 17.1 Å². The maximum absolute atomic E-state index is 13.5. The van der Waals surface area contributed by atoms with E-state index in [0.29, 0.717) is 16.8 Å². The highest BCUT2D eigenvalue weighted by molar-refractivity contribution is 7.80. The number of benzene rings is 2. The normalized spacial score (nSPS) is 14.9. The first-order valence-corrected chi connectivity index (χ1v) is 11.8. The summed E-state index contributed by atoms with van der Waals surface area (Å²) in [6.07, 6.45) is 1.59. The van der Waals surface area contributed by atoms with Crippen LogP contribution in [0, 0.1) is 34.6 Å². The Labute approximate surface area is 215 Å². The van der Waals surface area contributed by atoms with Crippen molar-refractivity contribution in [2.45, 2.75) is 34.6 Å². The lowest BCUT2D eigenvalue weighted by Crippen LogP contribution is -2.54. The Kier molecular flexibility index (Phi) is 6.65. The molecule has 1 aliphatic heterocycles. The van der Waals surface area contributed by atoms with Crippen LogP contribution in [0.25, 0.3) is 11.8 Å². The number of rotatable bonds is 4. The fourth-order valence-corrected chi connectivity index (χ4v) is 4.68. The van der Waals surface area contributed by atoms with E-state index < -0.39 is 17.8 Å². The standard InChI is InChI=1S/C28H27N3O4S/c1-15-8-7-9-23(18(15)4)31-26(33)22(25(32)29-28(31)36)13-21-12-17(3)30(19(21)5)24-14-20(27(34)35-6)11-10-16(24)2/h7-14H,1-6H3,(H,29,32,36)/b22-13+. The molecule has 0 atom stereocenters. The topological polar surface area (TPSA) is 80.6 Å². The van der Waals surface area contributed by atoms with Crippen molar-refractivity contribution in [2.24, 2.45) is 0 Å². The van der Waals surface area contributed by atoms with E-state index in [2.05, 4.69) is 5.32 Å². The number of hydrogen-bond donors (Lipinski definition) is 1. The average Bonchev–Trinajstić information content (AvgIpc) is 3.11. The van der Waals surface area contributed by atoms with Crippen LogP contribution < -0.4 is 10.2 Å². The summed E-state index contributed by atoms with van der Waals surface area (Å²) in [6, 6.07) is 12.9. The number of thiocarbonyl (C=S) groups is 1. The van der Waals surface area contributed by atoms with Gasteiger partial charge in [-0.25, -0.2) is 4.79 Å². The Morgan fingerprint density at radius 2 is 1.69 bits per heavy atom. The molecule has 7 nitrogen and oxygen atoms in total. The molecule has 0 radical (unpaired) electrons. The zero-order chi connectivity index (χ0) is 26.3. The molecule has 0 aliphatic carbocycles. The van der Waals surface area contributed by atoms with E-state index >= 15 is 0 Å². The van der Waals surface area contributed by atoms with Gasteiger partial charge in [-0.05, 0) is 99.4 Å². The van der Waals surface area contributed by atoms with Gasteiger partial charge < -0.3 is 9.30 Å². The second-order valence-electron chi connectivity index (χ2n) is 8.83. The van der Waals surface area contributed by atoms with Crippen molar-refractivity contribution in [2.75, 3.05) is 12.0 Å². The lowest BCUT2D eigenvalue weighted by atomic mass is 10.0. The largest absolute Gasteiger partial charge is 0.465 e. The average molecular weight is 502 g/mol. The maximum Gasteiger partial charge on any atom is 0.337 e. The van der Waals surface area contributed by atoms with Gasteiger partial charge in [0.15, 0.2) is 5.11 Å². The Hall–Kier alpha value is -4.04. The SMILES string of the molecule is COC(=O)c1ccc(C)c(-n2c(C)cc(/C=C3\C(=O)NC(=S)N(c4cccc(C)c4C)C3=O)c2C)c1. The lowest BCUT2D eigenvalue weighted by molar-refractivity contribution is -0.122. The number of nitrogens with zero attached hydrogens (tertiary/aromatic N) is 2. The van der Waals surface area contributed by atoms with Crippen LogP contribution in [0.15, 0.2) is 48.0 Å². The molecule has 1 N–H and O–H groups in total. The van der Waals surface area contributed by atoms with Gasteiger partial charge in [-0.1, -0.05) is 18.2 Å². The fourth-order valence-electron chi connectivity index (χ4n) is 4.41. The fraction of sp³-hybridized carbons (Fsp3) is 0.214. The highest BCUT2D eigenvalue weighted by Gasteiger charge is 2.35. The van der Waals surface area contributed by atoms with Crippen molar-refractivity contribution in [3.8, 4) is 5.69 Å². The predicted molar refractivity (Wildman–Crippen MR) is 143 cm³/mol. The van der Waals surface area contributed by atoms with Gasteiger partial charge in [0.05, 0.1) is 18.4 Å². The van der Waals surface area contributed by atoms with Gasteiger partial charge in [-0.2, -0.15) is 0 Å². The molecule has 0 bridgehead atoms. The van der Waals surface area contributed by atoms with Crippen LogP contribution >= 0.6 is 12.2 Å². The molecule has 1 saturated heterocycles. The summed E-state index contributed by atoms with van der Waals surface area (Å²) in [5.74, 6) is -1.45. The number of nitrogens with one attached hydrogen (secondary N) is 1. The summed E-state index contributed by atoms with van der Waals surface area (Å²) in [7, 11) is 1.34. The Morgan fingerprint density at radius 3 is 2.39 bits per heavy atom. The number of anilines is 1. The van der Waals surface area contributed by atoms with E-state index in [-0.39, 0.29) is 10.7 Å². The minimum absolute atomic E-state index is 0.00945. The van der Waals surface area contributed by atoms with E-state index in [4.69, 9.17) is 17.0 Å². The summed E-state index contributed by atoms with van der Waals surface area (Å²) in [5.41, 5.74) is 7.17. The smallest absolute Gasteiger partial charge is 0.337 e. The van der Waals surface area contributed by atoms with Crippen LogP contribution in [-0.4, -0.2) is 34.6 Å². The molecule has 2 heterocycles. The van der Waals surface area contributed by atoms with Gasteiger partial charge >= 0.3 is 5.97 Å². The Morgan fingerprint density at radius 1 is 0.972 bits per heavy atom. The number of carbonyl (C=O) groups excluding carboxylic acids is 3. The number of aromatic nitrogens is 1. The minimum atomic E-state index is -0.541. The molecule has 2 aromatic carbocycles. The summed E-state index contributed by atoms with van der Waals surface area (Å²) in [6.45, 7) is 9.66. The van der Waals surface area contributed by atoms with Crippen LogP contribution in [0.4, 0.5) is 5.69 Å². The third-order valence-electron chi connectivity index (χ3n) is 6.56. The summed E-state index contributed by atoms with van der Waals surface area (Å²) < 4.78 is 6.87. The first kappa shape index (κ1) is 25.1. The third-order valence-corrected chi connectivity index (χ3v) is 6.84. The molecule has 1 aromatic heterocycles. The Balaban J connectivity index is 1.80. The highest BCUT2D eigenvalue weighted by atomic mass is 32.1. The lowest BCUT2D eigenvalue weighted by Gasteiger charge is -2.30. The van der Waals surface area contributed by atoms with Crippen LogP contribution in [-0.2, 0) is 14.3 Å². The molecule has 3 aromatic rings. The van der Waals surface area contributed by atoms with E-state index in [1.165, 1.54) is 12.0 Å². The molecule has 2 amide bonds. The summed E-state index contributed by atoms with van der Waals surface area (Å²) in [4.78, 5) is 39.9. The molecular weight excluding hydrogens is 474 g/mol. The number of aryl methyl sites for hydroxylation is 3. The zero-order valence-electron chi connectivity index (χ0n) is 21.1. The van der Waals surface area contributed by atoms with Gasteiger partial charge in [-0.3, -0.25) is 19.8 Å². The van der Waals surface area contributed by atoms with E-state index in [1.807, 2.05) is 69.5 Å². The number of amides is 2. The maximum atomic E-state index is 13.5. The highest BCUT2D eigenvalue weighted by Crippen LogP contribution is 2.29. The molecule has 8 heteroatoms. The monoisotopic (exact) mass is 501 g/mol. The van der Waals surface area contributed by atoms with Crippen molar-refractivity contribution in [1.29, 1.82) is 0 Å². The molecule has 4 rings (SSSR count). The predicted octanol–water partition coefficient (Wildman–Crippen LogP) is 4.64. The number of esters is 1. The first-order valence-electron chi connectivity index (χ1n) is 11.4. The van der Waals surface area contributed by atoms with E-state index in [9.17, 15) is 14.4 Å². The Bertz CT molecular complexity index is 1480. The molecule has 184 valence electrons. The van der Waals surface area contributed by atoms with Crippen molar-refractivity contribution in [1.82, 2.24) is 9.88 Å². The second-order valence-corrected chi connectivity index (χ2v) is 9.22. The zero-order valence-corrected chi connectivity index (χ0v) is 21.9. The number of ether oxygens (including phenoxy) is 1. The minimum Gasteiger partial charge on any atom is -0.465 e. The molecule has 1 fully saturated rings. The molecule has 0 spiro atoms. The van der Waals surface area contributed by atoms with Crippen LogP contribution in [0.2, 0.25) is 0 Å².